The molecule has 0 aromatic rings. The third-order valence-electron chi connectivity index (χ3n) is 5.74. The van der Waals surface area contributed by atoms with Crippen molar-refractivity contribution >= 4 is 5.78 Å². The van der Waals surface area contributed by atoms with Gasteiger partial charge in [0.05, 0.1) is 0 Å². The summed E-state index contributed by atoms with van der Waals surface area (Å²) in [5.74, 6) is 4.24. The zero-order valence-corrected chi connectivity index (χ0v) is 10.4. The molecule has 0 aliphatic heterocycles. The molecule has 4 rings (SSSR count). The zero-order valence-electron chi connectivity index (χ0n) is 10.4. The van der Waals surface area contributed by atoms with Gasteiger partial charge >= 0.3 is 0 Å². The lowest BCUT2D eigenvalue weighted by atomic mass is 9.73. The minimum Gasteiger partial charge on any atom is -0.299 e. The Morgan fingerprint density at radius 1 is 1.12 bits per heavy atom. The van der Waals surface area contributed by atoms with Crippen molar-refractivity contribution in [2.75, 3.05) is 0 Å². The minimum absolute atomic E-state index is 0.288. The van der Waals surface area contributed by atoms with Crippen molar-refractivity contribution in [3.8, 4) is 0 Å². The molecule has 90 valence electrons. The van der Waals surface area contributed by atoms with Crippen molar-refractivity contribution in [1.29, 1.82) is 0 Å². The fourth-order valence-corrected chi connectivity index (χ4v) is 4.68. The second-order valence-electron chi connectivity index (χ2n) is 6.55. The van der Waals surface area contributed by atoms with Gasteiger partial charge in [0.15, 0.2) is 0 Å². The number of ketones is 1. The monoisotopic (exact) mass is 228 g/mol. The predicted octanol–water partition coefficient (Wildman–Crippen LogP) is 3.37. The molecule has 0 aromatic heterocycles. The van der Waals surface area contributed by atoms with Gasteiger partial charge in [0.25, 0.3) is 0 Å². The molecule has 4 aliphatic carbocycles. The van der Waals surface area contributed by atoms with Gasteiger partial charge in [0.1, 0.15) is 5.78 Å². The first-order valence-electron chi connectivity index (χ1n) is 7.12. The Labute approximate surface area is 103 Å². The third-order valence-corrected chi connectivity index (χ3v) is 5.74. The fraction of sp³-hybridized carbons (Fsp3) is 0.688. The van der Waals surface area contributed by atoms with E-state index in [9.17, 15) is 4.79 Å². The molecular formula is C16H20O. The van der Waals surface area contributed by atoms with Gasteiger partial charge in [0.2, 0.25) is 0 Å². The summed E-state index contributed by atoms with van der Waals surface area (Å²) in [6.45, 7) is 2.22. The molecule has 0 N–H and O–H groups in total. The minimum atomic E-state index is 0.288. The van der Waals surface area contributed by atoms with Gasteiger partial charge in [-0.2, -0.15) is 0 Å². The fourth-order valence-electron chi connectivity index (χ4n) is 4.68. The van der Waals surface area contributed by atoms with E-state index in [0.717, 1.165) is 18.3 Å². The van der Waals surface area contributed by atoms with Gasteiger partial charge in [-0.05, 0) is 50.4 Å². The molecule has 0 spiro atoms. The van der Waals surface area contributed by atoms with E-state index in [4.69, 9.17) is 0 Å². The first-order chi connectivity index (χ1) is 8.25. The van der Waals surface area contributed by atoms with Crippen molar-refractivity contribution in [1.82, 2.24) is 0 Å². The van der Waals surface area contributed by atoms with Crippen molar-refractivity contribution in [3.63, 3.8) is 0 Å². The Kier molecular flexibility index (Phi) is 1.98. The number of Topliss-reactive ketones (excluding diaryl/α,β-unsaturated/α-hetero) is 1. The van der Waals surface area contributed by atoms with Crippen LogP contribution in [-0.4, -0.2) is 5.78 Å². The highest BCUT2D eigenvalue weighted by atomic mass is 16.1. The molecule has 0 heterocycles. The molecule has 6 atom stereocenters. The number of hydrogen-bond acceptors (Lipinski definition) is 1. The average Bonchev–Trinajstić information content (AvgIpc) is 2.79. The number of fused-ring (bicyclic) bond motifs is 4. The maximum absolute atomic E-state index is 12.7. The van der Waals surface area contributed by atoms with Crippen molar-refractivity contribution in [3.05, 3.63) is 23.8 Å². The Balaban J connectivity index is 1.71. The van der Waals surface area contributed by atoms with E-state index >= 15 is 0 Å². The van der Waals surface area contributed by atoms with E-state index in [-0.39, 0.29) is 5.92 Å². The molecule has 2 saturated carbocycles. The second kappa shape index (κ2) is 3.34. The van der Waals surface area contributed by atoms with E-state index in [2.05, 4.69) is 25.2 Å². The standard InChI is InChI=1S/C16H20O/c1-9-5-6-12-14-7-10(14)8-15(12)16(17)13-4-2-3-11(9)13/h2-3,5,10-15H,4,6-8H2,1H3/b9-5-/t10?,11-,12?,13-,14?,15?/m1/s1. The van der Waals surface area contributed by atoms with Crippen LogP contribution in [0.15, 0.2) is 23.8 Å². The molecule has 4 aliphatic rings. The molecule has 1 nitrogen and oxygen atoms in total. The molecule has 0 bridgehead atoms. The van der Waals surface area contributed by atoms with Crippen molar-refractivity contribution < 1.29 is 4.79 Å². The van der Waals surface area contributed by atoms with Crippen LogP contribution in [0.25, 0.3) is 0 Å². The molecular weight excluding hydrogens is 208 g/mol. The van der Waals surface area contributed by atoms with Gasteiger partial charge in [-0.1, -0.05) is 23.8 Å². The Bertz CT molecular complexity index is 431. The molecule has 1 heteroatoms. The molecule has 0 amide bonds. The lowest BCUT2D eigenvalue weighted by molar-refractivity contribution is -0.129. The van der Waals surface area contributed by atoms with Crippen LogP contribution in [0, 0.1) is 35.5 Å². The Morgan fingerprint density at radius 2 is 2.00 bits per heavy atom. The van der Waals surface area contributed by atoms with Crippen LogP contribution in [0.2, 0.25) is 0 Å². The smallest absolute Gasteiger partial charge is 0.140 e. The molecule has 2 fully saturated rings. The third kappa shape index (κ3) is 1.34. The van der Waals surface area contributed by atoms with Gasteiger partial charge in [0, 0.05) is 17.8 Å². The van der Waals surface area contributed by atoms with Crippen LogP contribution in [0.4, 0.5) is 0 Å². The first kappa shape index (κ1) is 10.1. The summed E-state index contributed by atoms with van der Waals surface area (Å²) < 4.78 is 0. The summed E-state index contributed by atoms with van der Waals surface area (Å²) in [7, 11) is 0. The maximum Gasteiger partial charge on any atom is 0.140 e. The van der Waals surface area contributed by atoms with Crippen LogP contribution in [0.1, 0.15) is 32.6 Å². The summed E-state index contributed by atoms with van der Waals surface area (Å²) in [5, 5.41) is 0. The topological polar surface area (TPSA) is 17.1 Å². The highest BCUT2D eigenvalue weighted by molar-refractivity contribution is 5.86. The lowest BCUT2D eigenvalue weighted by Crippen LogP contribution is -2.32. The SMILES string of the molecule is C/C1=C/CC2C(CC3CC32)C(=O)[C@@H]2CC=C[C@H]12. The summed E-state index contributed by atoms with van der Waals surface area (Å²) >= 11 is 0. The molecule has 0 aromatic carbocycles. The highest BCUT2D eigenvalue weighted by Crippen LogP contribution is 2.61. The summed E-state index contributed by atoms with van der Waals surface area (Å²) in [6.07, 6.45) is 11.7. The van der Waals surface area contributed by atoms with Crippen molar-refractivity contribution in [2.24, 2.45) is 35.5 Å². The number of rotatable bonds is 0. The predicted molar refractivity (Wildman–Crippen MR) is 67.3 cm³/mol. The van der Waals surface area contributed by atoms with Crippen LogP contribution in [0.5, 0.6) is 0 Å². The summed E-state index contributed by atoms with van der Waals surface area (Å²) in [6, 6.07) is 0. The summed E-state index contributed by atoms with van der Waals surface area (Å²) in [5.41, 5.74) is 1.44. The van der Waals surface area contributed by atoms with Crippen LogP contribution >= 0.6 is 0 Å². The highest BCUT2D eigenvalue weighted by Gasteiger charge is 2.56. The Hall–Kier alpha value is -0.850. The first-order valence-corrected chi connectivity index (χ1v) is 7.12. The van der Waals surface area contributed by atoms with Gasteiger partial charge in [-0.3, -0.25) is 4.79 Å². The van der Waals surface area contributed by atoms with Crippen LogP contribution < -0.4 is 0 Å². The maximum atomic E-state index is 12.7. The van der Waals surface area contributed by atoms with E-state index in [1.807, 2.05) is 0 Å². The van der Waals surface area contributed by atoms with Gasteiger partial charge in [-0.15, -0.1) is 0 Å². The van der Waals surface area contributed by atoms with Crippen LogP contribution in [0.3, 0.4) is 0 Å². The quantitative estimate of drug-likeness (QED) is 0.581. The van der Waals surface area contributed by atoms with Crippen molar-refractivity contribution in [2.45, 2.75) is 32.6 Å². The van der Waals surface area contributed by atoms with Crippen LogP contribution in [-0.2, 0) is 4.79 Å². The molecule has 17 heavy (non-hydrogen) atoms. The number of allylic oxidation sites excluding steroid dienone is 4. The van der Waals surface area contributed by atoms with E-state index < -0.39 is 0 Å². The summed E-state index contributed by atoms with van der Waals surface area (Å²) in [4.78, 5) is 12.7. The molecule has 0 radical (unpaired) electrons. The van der Waals surface area contributed by atoms with E-state index in [1.54, 1.807) is 0 Å². The van der Waals surface area contributed by atoms with E-state index in [0.29, 0.717) is 23.5 Å². The molecule has 0 saturated heterocycles. The lowest BCUT2D eigenvalue weighted by Gasteiger charge is -2.30. The zero-order chi connectivity index (χ0) is 11.6. The molecule has 4 unspecified atom stereocenters. The number of hydrogen-bond donors (Lipinski definition) is 0. The van der Waals surface area contributed by atoms with Gasteiger partial charge < -0.3 is 0 Å². The average molecular weight is 228 g/mol. The normalized spacial score (nSPS) is 54.2. The Morgan fingerprint density at radius 3 is 2.88 bits per heavy atom. The largest absolute Gasteiger partial charge is 0.299 e. The van der Waals surface area contributed by atoms with E-state index in [1.165, 1.54) is 24.8 Å². The number of carbonyl (C=O) groups excluding carboxylic acids is 1. The second-order valence-corrected chi connectivity index (χ2v) is 6.55. The number of carbonyl (C=O) groups is 1. The van der Waals surface area contributed by atoms with Gasteiger partial charge in [-0.25, -0.2) is 0 Å².